The fourth-order valence-electron chi connectivity index (χ4n) is 1.60. The summed E-state index contributed by atoms with van der Waals surface area (Å²) in [6.07, 6.45) is 0. The summed E-state index contributed by atoms with van der Waals surface area (Å²) in [5.41, 5.74) is 2.11. The average molecular weight is 244 g/mol. The molecule has 0 N–H and O–H groups in total. The van der Waals surface area contributed by atoms with Crippen molar-refractivity contribution in [2.45, 2.75) is 33.7 Å². The molecule has 0 bridgehead atoms. The van der Waals surface area contributed by atoms with Gasteiger partial charge < -0.3 is 14.2 Å². The second-order valence-electron chi connectivity index (χ2n) is 3.32. The Balaban J connectivity index is 3.04. The van der Waals surface area contributed by atoms with Crippen LogP contribution in [0.2, 0.25) is 0 Å². The SMILES string of the molecule is CCOC(OCC)(OCC)c1cscc1C. The van der Waals surface area contributed by atoms with E-state index in [0.29, 0.717) is 19.8 Å². The van der Waals surface area contributed by atoms with Crippen LogP contribution in [0.15, 0.2) is 10.8 Å². The van der Waals surface area contributed by atoms with E-state index in [-0.39, 0.29) is 0 Å². The maximum atomic E-state index is 5.70. The van der Waals surface area contributed by atoms with E-state index in [9.17, 15) is 0 Å². The first kappa shape index (κ1) is 13.6. The Kier molecular flexibility index (Phi) is 5.41. The van der Waals surface area contributed by atoms with Crippen molar-refractivity contribution in [2.24, 2.45) is 0 Å². The van der Waals surface area contributed by atoms with Crippen LogP contribution in [0.3, 0.4) is 0 Å². The Morgan fingerprint density at radius 2 is 1.50 bits per heavy atom. The van der Waals surface area contributed by atoms with Gasteiger partial charge in [-0.05, 0) is 38.6 Å². The summed E-state index contributed by atoms with van der Waals surface area (Å²) in [5, 5.41) is 4.09. The van der Waals surface area contributed by atoms with E-state index >= 15 is 0 Å². The number of aryl methyl sites for hydroxylation is 1. The minimum Gasteiger partial charge on any atom is -0.324 e. The Morgan fingerprint density at radius 1 is 1.00 bits per heavy atom. The third-order valence-corrected chi connectivity index (χ3v) is 3.05. The third-order valence-electron chi connectivity index (χ3n) is 2.19. The average Bonchev–Trinajstić information content (AvgIpc) is 2.66. The van der Waals surface area contributed by atoms with Crippen molar-refractivity contribution in [1.82, 2.24) is 0 Å². The van der Waals surface area contributed by atoms with Crippen molar-refractivity contribution in [3.63, 3.8) is 0 Å². The summed E-state index contributed by atoms with van der Waals surface area (Å²) >= 11 is 1.63. The fourth-order valence-corrected chi connectivity index (χ4v) is 2.47. The standard InChI is InChI=1S/C12H20O3S/c1-5-13-12(14-6-2,15-7-3)11-9-16-8-10(11)4/h8-9H,5-7H2,1-4H3. The zero-order chi connectivity index (χ0) is 12.0. The second kappa shape index (κ2) is 6.35. The van der Waals surface area contributed by atoms with Gasteiger partial charge >= 0.3 is 5.97 Å². The molecule has 0 aliphatic rings. The minimum atomic E-state index is -1.03. The van der Waals surface area contributed by atoms with Crippen molar-refractivity contribution < 1.29 is 14.2 Å². The van der Waals surface area contributed by atoms with Crippen molar-refractivity contribution >= 4 is 11.3 Å². The van der Waals surface area contributed by atoms with Gasteiger partial charge in [-0.1, -0.05) is 0 Å². The molecule has 4 heteroatoms. The predicted molar refractivity (Wildman–Crippen MR) is 65.6 cm³/mol. The highest BCUT2D eigenvalue weighted by molar-refractivity contribution is 7.08. The molecule has 0 aliphatic carbocycles. The van der Waals surface area contributed by atoms with E-state index < -0.39 is 5.97 Å². The predicted octanol–water partition coefficient (Wildman–Crippen LogP) is 3.28. The molecule has 3 nitrogen and oxygen atoms in total. The lowest BCUT2D eigenvalue weighted by molar-refractivity contribution is -0.389. The topological polar surface area (TPSA) is 27.7 Å². The van der Waals surface area contributed by atoms with Crippen LogP contribution in [0.4, 0.5) is 0 Å². The van der Waals surface area contributed by atoms with Gasteiger partial charge in [0.1, 0.15) is 0 Å². The maximum absolute atomic E-state index is 5.70. The molecule has 1 aromatic rings. The minimum absolute atomic E-state index is 0.551. The zero-order valence-corrected chi connectivity index (χ0v) is 11.2. The molecule has 0 aromatic carbocycles. The molecule has 92 valence electrons. The number of ether oxygens (including phenoxy) is 3. The van der Waals surface area contributed by atoms with Crippen molar-refractivity contribution in [3.8, 4) is 0 Å². The lowest BCUT2D eigenvalue weighted by atomic mass is 10.2. The van der Waals surface area contributed by atoms with Gasteiger partial charge in [0, 0.05) is 25.2 Å². The first-order chi connectivity index (χ1) is 7.70. The maximum Gasteiger partial charge on any atom is 0.313 e. The van der Waals surface area contributed by atoms with E-state index in [1.54, 1.807) is 11.3 Å². The van der Waals surface area contributed by atoms with Crippen LogP contribution in [0.5, 0.6) is 0 Å². The molecule has 0 fully saturated rings. The van der Waals surface area contributed by atoms with E-state index in [0.717, 1.165) is 11.1 Å². The van der Waals surface area contributed by atoms with Crippen LogP contribution in [0.25, 0.3) is 0 Å². The molecule has 0 radical (unpaired) electrons. The van der Waals surface area contributed by atoms with Gasteiger partial charge in [-0.15, -0.1) is 0 Å². The van der Waals surface area contributed by atoms with Crippen molar-refractivity contribution in [2.75, 3.05) is 19.8 Å². The number of hydrogen-bond donors (Lipinski definition) is 0. The molecule has 1 aromatic heterocycles. The van der Waals surface area contributed by atoms with Gasteiger partial charge in [0.15, 0.2) is 0 Å². The highest BCUT2D eigenvalue weighted by Crippen LogP contribution is 2.33. The summed E-state index contributed by atoms with van der Waals surface area (Å²) in [7, 11) is 0. The van der Waals surface area contributed by atoms with Gasteiger partial charge in [0.05, 0.1) is 5.56 Å². The molecule has 0 aliphatic heterocycles. The molecule has 0 saturated carbocycles. The van der Waals surface area contributed by atoms with E-state index in [1.165, 1.54) is 0 Å². The van der Waals surface area contributed by atoms with Crippen LogP contribution < -0.4 is 0 Å². The largest absolute Gasteiger partial charge is 0.324 e. The molecule has 0 spiro atoms. The summed E-state index contributed by atoms with van der Waals surface area (Å²) in [5.74, 6) is -1.03. The Hall–Kier alpha value is -0.420. The summed E-state index contributed by atoms with van der Waals surface area (Å²) < 4.78 is 17.1. The van der Waals surface area contributed by atoms with Gasteiger partial charge in [0.2, 0.25) is 0 Å². The summed E-state index contributed by atoms with van der Waals surface area (Å²) in [6.45, 7) is 9.51. The monoisotopic (exact) mass is 244 g/mol. The van der Waals surface area contributed by atoms with Crippen LogP contribution in [-0.2, 0) is 20.2 Å². The van der Waals surface area contributed by atoms with Crippen LogP contribution in [0, 0.1) is 6.92 Å². The molecule has 1 heterocycles. The molecular weight excluding hydrogens is 224 g/mol. The van der Waals surface area contributed by atoms with Crippen LogP contribution in [0.1, 0.15) is 31.9 Å². The van der Waals surface area contributed by atoms with E-state index in [1.807, 2.05) is 33.1 Å². The smallest absolute Gasteiger partial charge is 0.313 e. The number of rotatable bonds is 7. The Morgan fingerprint density at radius 3 is 1.81 bits per heavy atom. The van der Waals surface area contributed by atoms with Gasteiger partial charge in [-0.3, -0.25) is 0 Å². The first-order valence-electron chi connectivity index (χ1n) is 5.65. The second-order valence-corrected chi connectivity index (χ2v) is 4.07. The van der Waals surface area contributed by atoms with Crippen LogP contribution in [-0.4, -0.2) is 19.8 Å². The highest BCUT2D eigenvalue weighted by Gasteiger charge is 2.37. The fraction of sp³-hybridized carbons (Fsp3) is 0.667. The van der Waals surface area contributed by atoms with Gasteiger partial charge in [-0.2, -0.15) is 11.3 Å². The van der Waals surface area contributed by atoms with E-state index in [2.05, 4.69) is 5.38 Å². The quantitative estimate of drug-likeness (QED) is 0.689. The Labute approximate surface area is 101 Å². The number of thiophene rings is 1. The molecule has 0 amide bonds. The van der Waals surface area contributed by atoms with Gasteiger partial charge in [-0.25, -0.2) is 0 Å². The number of hydrogen-bond acceptors (Lipinski definition) is 4. The molecule has 0 saturated heterocycles. The first-order valence-corrected chi connectivity index (χ1v) is 6.59. The third kappa shape index (κ3) is 2.83. The normalized spacial score (nSPS) is 12.0. The lowest BCUT2D eigenvalue weighted by Crippen LogP contribution is -2.36. The molecule has 0 unspecified atom stereocenters. The molecule has 0 atom stereocenters. The van der Waals surface area contributed by atoms with E-state index in [4.69, 9.17) is 14.2 Å². The van der Waals surface area contributed by atoms with Crippen molar-refractivity contribution in [3.05, 3.63) is 21.9 Å². The molecule has 1 rings (SSSR count). The molecular formula is C12H20O3S. The highest BCUT2D eigenvalue weighted by atomic mass is 32.1. The Bertz CT molecular complexity index is 292. The van der Waals surface area contributed by atoms with Crippen LogP contribution >= 0.6 is 11.3 Å². The lowest BCUT2D eigenvalue weighted by Gasteiger charge is -2.32. The summed E-state index contributed by atoms with van der Waals surface area (Å²) in [4.78, 5) is 0. The van der Waals surface area contributed by atoms with Gasteiger partial charge in [0.25, 0.3) is 0 Å². The van der Waals surface area contributed by atoms with Crippen molar-refractivity contribution in [1.29, 1.82) is 0 Å². The zero-order valence-electron chi connectivity index (χ0n) is 10.4. The summed E-state index contributed by atoms with van der Waals surface area (Å²) in [6, 6.07) is 0. The molecule has 16 heavy (non-hydrogen) atoms.